The van der Waals surface area contributed by atoms with E-state index in [1.807, 2.05) is 56.5 Å². The maximum atomic E-state index is 12.7. The molecule has 9 heteroatoms. The molecule has 0 bridgehead atoms. The monoisotopic (exact) mass is 504 g/mol. The van der Waals surface area contributed by atoms with Gasteiger partial charge in [0.05, 0.1) is 12.0 Å². The Hall–Kier alpha value is -4.11. The van der Waals surface area contributed by atoms with Gasteiger partial charge in [-0.2, -0.15) is 0 Å². The number of thiophene rings is 1. The van der Waals surface area contributed by atoms with Crippen molar-refractivity contribution < 1.29 is 19.1 Å². The Balaban J connectivity index is 1.32. The number of amides is 3. The predicted octanol–water partition coefficient (Wildman–Crippen LogP) is 6.11. The number of hydrogen-bond donors (Lipinski definition) is 3. The van der Waals surface area contributed by atoms with Gasteiger partial charge in [-0.15, -0.1) is 11.3 Å². The summed E-state index contributed by atoms with van der Waals surface area (Å²) < 4.78 is 10.7. The second-order valence-electron chi connectivity index (χ2n) is 9.11. The predicted molar refractivity (Wildman–Crippen MR) is 144 cm³/mol. The lowest BCUT2D eigenvalue weighted by molar-refractivity contribution is 0.103. The number of nitrogens with zero attached hydrogens (tertiary/aromatic N) is 1. The highest BCUT2D eigenvalue weighted by molar-refractivity contribution is 7.12. The van der Waals surface area contributed by atoms with E-state index in [0.29, 0.717) is 22.1 Å². The van der Waals surface area contributed by atoms with E-state index in [1.165, 1.54) is 11.3 Å². The average molecular weight is 505 g/mol. The summed E-state index contributed by atoms with van der Waals surface area (Å²) in [5, 5.41) is 10.3. The van der Waals surface area contributed by atoms with E-state index in [9.17, 15) is 9.59 Å². The molecule has 3 aromatic rings. The van der Waals surface area contributed by atoms with E-state index >= 15 is 0 Å². The van der Waals surface area contributed by atoms with Crippen LogP contribution >= 0.6 is 11.3 Å². The Labute approximate surface area is 214 Å². The second-order valence-corrected chi connectivity index (χ2v) is 10.0. The van der Waals surface area contributed by atoms with Crippen LogP contribution in [0.1, 0.15) is 30.4 Å². The number of nitrogens with one attached hydrogen (secondary N) is 3. The quantitative estimate of drug-likeness (QED) is 0.390. The van der Waals surface area contributed by atoms with Crippen molar-refractivity contribution in [2.45, 2.75) is 20.8 Å². The van der Waals surface area contributed by atoms with E-state index in [1.54, 1.807) is 37.5 Å². The molecule has 4 rings (SSSR count). The lowest BCUT2D eigenvalue weighted by Gasteiger charge is -2.25. The van der Waals surface area contributed by atoms with Crippen LogP contribution in [0.25, 0.3) is 11.1 Å². The van der Waals surface area contributed by atoms with Crippen LogP contribution in [0, 0.1) is 5.41 Å². The molecule has 2 aromatic carbocycles. The fourth-order valence-electron chi connectivity index (χ4n) is 3.39. The number of ether oxygens (including phenoxy) is 2. The van der Waals surface area contributed by atoms with Gasteiger partial charge in [-0.25, -0.2) is 9.79 Å². The molecule has 1 aliphatic rings. The van der Waals surface area contributed by atoms with Gasteiger partial charge >= 0.3 is 6.03 Å². The lowest BCUT2D eigenvalue weighted by atomic mass is 9.93. The molecule has 1 aliphatic heterocycles. The molecule has 0 saturated carbocycles. The standard InChI is InChI=1S/C27H28N4O4S/c1-27(2,3)23-14-24(28-16-35-23)31-26(33)30-20-9-7-19(8-10-20)29-25(32)22-13-18(15-36-22)17-5-11-21(34-4)12-6-17/h5-15H,16H2,1-4H3,(H,29,32)(H2,28,30,31,33). The zero-order valence-electron chi connectivity index (χ0n) is 20.5. The number of anilines is 2. The van der Waals surface area contributed by atoms with Crippen molar-refractivity contribution in [1.82, 2.24) is 5.32 Å². The van der Waals surface area contributed by atoms with E-state index in [0.717, 1.165) is 22.6 Å². The number of methoxy groups -OCH3 is 1. The summed E-state index contributed by atoms with van der Waals surface area (Å²) in [6.07, 6.45) is 1.73. The summed E-state index contributed by atoms with van der Waals surface area (Å²) in [5.41, 5.74) is 3.00. The van der Waals surface area contributed by atoms with Crippen molar-refractivity contribution in [1.29, 1.82) is 0 Å². The molecule has 36 heavy (non-hydrogen) atoms. The highest BCUT2D eigenvalue weighted by Crippen LogP contribution is 2.29. The van der Waals surface area contributed by atoms with Crippen LogP contribution in [0.15, 0.2) is 76.8 Å². The number of hydrogen-bond acceptors (Lipinski definition) is 6. The van der Waals surface area contributed by atoms with Gasteiger partial charge in [0.1, 0.15) is 17.3 Å². The number of aliphatic imine (C=N–C) groups is 1. The first-order valence-electron chi connectivity index (χ1n) is 11.3. The molecule has 2 heterocycles. The molecule has 1 aromatic heterocycles. The smallest absolute Gasteiger partial charge is 0.324 e. The van der Waals surface area contributed by atoms with Gasteiger partial charge in [0.15, 0.2) is 6.73 Å². The molecule has 186 valence electrons. The highest BCUT2D eigenvalue weighted by Gasteiger charge is 2.22. The highest BCUT2D eigenvalue weighted by atomic mass is 32.1. The van der Waals surface area contributed by atoms with Gasteiger partial charge in [-0.1, -0.05) is 32.9 Å². The zero-order valence-corrected chi connectivity index (χ0v) is 21.4. The largest absolute Gasteiger partial charge is 0.497 e. The number of rotatable bonds is 5. The Kier molecular flexibility index (Phi) is 7.40. The van der Waals surface area contributed by atoms with Crippen LogP contribution in [0.2, 0.25) is 0 Å². The van der Waals surface area contributed by atoms with Gasteiger partial charge in [0.25, 0.3) is 5.91 Å². The number of carbonyl (C=O) groups is 2. The first-order valence-corrected chi connectivity index (χ1v) is 12.2. The zero-order chi connectivity index (χ0) is 25.7. The van der Waals surface area contributed by atoms with Crippen LogP contribution < -0.4 is 20.7 Å². The maximum absolute atomic E-state index is 12.7. The molecule has 0 radical (unpaired) electrons. The third kappa shape index (κ3) is 6.31. The minimum atomic E-state index is -0.415. The van der Waals surface area contributed by atoms with Gasteiger partial charge in [0.2, 0.25) is 0 Å². The minimum absolute atomic E-state index is 0.166. The molecule has 0 unspecified atom stereocenters. The molecule has 0 aliphatic carbocycles. The van der Waals surface area contributed by atoms with E-state index in [4.69, 9.17) is 9.47 Å². The maximum Gasteiger partial charge on any atom is 0.324 e. The SMILES string of the molecule is COc1ccc(-c2csc(C(=O)Nc3ccc(NC(=O)NC4=NCOC(C(C)(C)C)=C4)cc3)c2)cc1. The Bertz CT molecular complexity index is 1300. The summed E-state index contributed by atoms with van der Waals surface area (Å²) in [5.74, 6) is 1.79. The number of benzene rings is 2. The van der Waals surface area contributed by atoms with Crippen molar-refractivity contribution >= 4 is 40.5 Å². The van der Waals surface area contributed by atoms with E-state index < -0.39 is 6.03 Å². The number of urea groups is 1. The summed E-state index contributed by atoms with van der Waals surface area (Å²) in [6.45, 7) is 6.25. The van der Waals surface area contributed by atoms with Gasteiger partial charge in [-0.05, 0) is 59.0 Å². The fraction of sp³-hybridized carbons (Fsp3) is 0.222. The summed E-state index contributed by atoms with van der Waals surface area (Å²) in [6, 6.07) is 16.0. The minimum Gasteiger partial charge on any atom is -0.497 e. The fourth-order valence-corrected chi connectivity index (χ4v) is 4.20. The molecule has 0 atom stereocenters. The Morgan fingerprint density at radius 1 is 0.944 bits per heavy atom. The van der Waals surface area contributed by atoms with Crippen LogP contribution in [-0.2, 0) is 4.74 Å². The number of carbonyl (C=O) groups excluding carboxylic acids is 2. The van der Waals surface area contributed by atoms with Crippen LogP contribution in [0.5, 0.6) is 5.75 Å². The molecule has 0 saturated heterocycles. The molecular formula is C27H28N4O4S. The van der Waals surface area contributed by atoms with Crippen LogP contribution in [-0.4, -0.2) is 31.6 Å². The first-order chi connectivity index (χ1) is 17.2. The topological polar surface area (TPSA) is 101 Å². The van der Waals surface area contributed by atoms with Crippen molar-refractivity contribution in [2.24, 2.45) is 10.4 Å². The summed E-state index contributed by atoms with van der Waals surface area (Å²) in [7, 11) is 1.63. The Morgan fingerprint density at radius 3 is 2.25 bits per heavy atom. The van der Waals surface area contributed by atoms with E-state index in [-0.39, 0.29) is 18.1 Å². The molecule has 3 N–H and O–H groups in total. The normalized spacial score (nSPS) is 13.1. The number of allylic oxidation sites excluding steroid dienone is 1. The first kappa shape index (κ1) is 25.0. The van der Waals surface area contributed by atoms with Crippen LogP contribution in [0.4, 0.5) is 16.2 Å². The lowest BCUT2D eigenvalue weighted by Crippen LogP contribution is -2.35. The van der Waals surface area contributed by atoms with Crippen LogP contribution in [0.3, 0.4) is 0 Å². The van der Waals surface area contributed by atoms with Gasteiger partial charge < -0.3 is 20.1 Å². The molecule has 0 spiro atoms. The molecule has 0 fully saturated rings. The van der Waals surface area contributed by atoms with Gasteiger partial charge in [0, 0.05) is 22.9 Å². The average Bonchev–Trinajstić information content (AvgIpc) is 3.35. The molecule has 8 nitrogen and oxygen atoms in total. The van der Waals surface area contributed by atoms with Gasteiger partial charge in [-0.3, -0.25) is 10.1 Å². The third-order valence-corrected chi connectivity index (χ3v) is 6.28. The summed E-state index contributed by atoms with van der Waals surface area (Å²) in [4.78, 5) is 29.9. The van der Waals surface area contributed by atoms with Crippen molar-refractivity contribution in [3.63, 3.8) is 0 Å². The van der Waals surface area contributed by atoms with E-state index in [2.05, 4.69) is 20.9 Å². The summed E-state index contributed by atoms with van der Waals surface area (Å²) >= 11 is 1.38. The molecular weight excluding hydrogens is 476 g/mol. The Morgan fingerprint density at radius 2 is 1.61 bits per heavy atom. The third-order valence-electron chi connectivity index (χ3n) is 5.35. The molecule has 3 amide bonds. The van der Waals surface area contributed by atoms with Crippen molar-refractivity contribution in [2.75, 3.05) is 24.5 Å². The number of amidine groups is 1. The van der Waals surface area contributed by atoms with Crippen molar-refractivity contribution in [3.05, 3.63) is 76.7 Å². The second kappa shape index (κ2) is 10.7. The van der Waals surface area contributed by atoms with Crippen molar-refractivity contribution in [3.8, 4) is 16.9 Å².